The van der Waals surface area contributed by atoms with Gasteiger partial charge < -0.3 is 19.9 Å². The number of nitrogens with zero attached hydrogens (tertiary/aromatic N) is 5. The average Bonchev–Trinajstić information content (AvgIpc) is 3.53. The fraction of sp³-hybridized carbons (Fsp3) is 0.240. The quantitative estimate of drug-likeness (QED) is 0.369. The molecule has 5 rings (SSSR count). The molecule has 174 valence electrons. The van der Waals surface area contributed by atoms with Gasteiger partial charge in [0.1, 0.15) is 11.4 Å². The first-order chi connectivity index (χ1) is 16.6. The topological polar surface area (TPSA) is 102 Å². The molecule has 1 aliphatic rings. The Kier molecular flexibility index (Phi) is 6.01. The second-order valence-electron chi connectivity index (χ2n) is 8.42. The highest BCUT2D eigenvalue weighted by molar-refractivity contribution is 6.01. The van der Waals surface area contributed by atoms with E-state index in [1.54, 1.807) is 30.5 Å². The van der Waals surface area contributed by atoms with Crippen LogP contribution in [0.15, 0.2) is 67.8 Å². The molecule has 1 fully saturated rings. The number of hydrogen-bond acceptors (Lipinski definition) is 6. The molecule has 0 spiro atoms. The molecule has 0 aliphatic carbocycles. The number of imidazole rings is 1. The number of nitrogens with one attached hydrogen (secondary N) is 2. The molecular weight excluding hydrogens is 430 g/mol. The molecule has 4 aromatic rings. The third kappa shape index (κ3) is 4.65. The highest BCUT2D eigenvalue weighted by Gasteiger charge is 2.23. The second-order valence-corrected chi connectivity index (χ2v) is 8.42. The molecule has 9 nitrogen and oxygen atoms in total. The fourth-order valence-electron chi connectivity index (χ4n) is 4.19. The summed E-state index contributed by atoms with van der Waals surface area (Å²) in [6.07, 6.45) is 5.58. The van der Waals surface area contributed by atoms with Crippen LogP contribution in [-0.2, 0) is 6.54 Å². The van der Waals surface area contributed by atoms with Gasteiger partial charge in [-0.3, -0.25) is 14.8 Å². The minimum atomic E-state index is 0.0282. The molecule has 3 heterocycles. The number of anilines is 1. The molecule has 1 aliphatic heterocycles. The number of phenols is 1. The van der Waals surface area contributed by atoms with Gasteiger partial charge >= 0.3 is 0 Å². The summed E-state index contributed by atoms with van der Waals surface area (Å²) in [5.74, 6) is 0.226. The Morgan fingerprint density at radius 3 is 2.62 bits per heavy atom. The van der Waals surface area contributed by atoms with Gasteiger partial charge in [-0.2, -0.15) is 5.10 Å². The summed E-state index contributed by atoms with van der Waals surface area (Å²) in [6.45, 7) is 9.07. The number of carbonyl (C=O) groups excluding carboxylic acids is 1. The number of H-pyrrole nitrogens is 1. The predicted molar refractivity (Wildman–Crippen MR) is 131 cm³/mol. The van der Waals surface area contributed by atoms with E-state index in [1.165, 1.54) is 0 Å². The van der Waals surface area contributed by atoms with Crippen LogP contribution in [0, 0.1) is 0 Å². The summed E-state index contributed by atoms with van der Waals surface area (Å²) in [5, 5.41) is 20.9. The van der Waals surface area contributed by atoms with Gasteiger partial charge in [-0.05, 0) is 42.5 Å². The largest absolute Gasteiger partial charge is 0.508 e. The van der Waals surface area contributed by atoms with Gasteiger partial charge in [0.15, 0.2) is 0 Å². The zero-order chi connectivity index (χ0) is 23.5. The SMILES string of the molecule is C=C(Nc1ccc(O)cc1)c1n[nH]c2ccc(C(=O)N3CCN(CCn4ccnc4)CC3)cc12. The van der Waals surface area contributed by atoms with E-state index in [2.05, 4.69) is 36.5 Å². The first-order valence-corrected chi connectivity index (χ1v) is 11.3. The lowest BCUT2D eigenvalue weighted by Crippen LogP contribution is -2.49. The molecule has 34 heavy (non-hydrogen) atoms. The summed E-state index contributed by atoms with van der Waals surface area (Å²) in [5.41, 5.74) is 3.52. The van der Waals surface area contributed by atoms with Crippen LogP contribution in [-0.4, -0.2) is 73.3 Å². The van der Waals surface area contributed by atoms with Crippen LogP contribution in [0.2, 0.25) is 0 Å². The number of hydrogen-bond donors (Lipinski definition) is 3. The maximum Gasteiger partial charge on any atom is 0.253 e. The maximum atomic E-state index is 13.2. The predicted octanol–water partition coefficient (Wildman–Crippen LogP) is 3.01. The van der Waals surface area contributed by atoms with Crippen molar-refractivity contribution < 1.29 is 9.90 Å². The minimum absolute atomic E-state index is 0.0282. The van der Waals surface area contributed by atoms with Gasteiger partial charge in [-0.1, -0.05) is 6.58 Å². The Bertz CT molecular complexity index is 1290. The van der Waals surface area contributed by atoms with E-state index < -0.39 is 0 Å². The highest BCUT2D eigenvalue weighted by atomic mass is 16.3. The summed E-state index contributed by atoms with van der Waals surface area (Å²) in [6, 6.07) is 12.3. The molecule has 0 radical (unpaired) electrons. The van der Waals surface area contributed by atoms with Crippen LogP contribution in [0.3, 0.4) is 0 Å². The molecule has 0 atom stereocenters. The Balaban J connectivity index is 1.24. The Labute approximate surface area is 197 Å². The van der Waals surface area contributed by atoms with E-state index >= 15 is 0 Å². The molecule has 2 aromatic heterocycles. The summed E-state index contributed by atoms with van der Waals surface area (Å²) >= 11 is 0. The molecular formula is C25H27N7O2. The van der Waals surface area contributed by atoms with E-state index in [4.69, 9.17) is 0 Å². The van der Waals surface area contributed by atoms with Gasteiger partial charge in [0.2, 0.25) is 0 Å². The van der Waals surface area contributed by atoms with Crippen molar-refractivity contribution in [3.05, 3.63) is 79.0 Å². The van der Waals surface area contributed by atoms with Crippen LogP contribution < -0.4 is 5.32 Å². The summed E-state index contributed by atoms with van der Waals surface area (Å²) in [7, 11) is 0. The number of piperazine rings is 1. The van der Waals surface area contributed by atoms with Crippen molar-refractivity contribution in [1.82, 2.24) is 29.5 Å². The van der Waals surface area contributed by atoms with E-state index in [1.807, 2.05) is 35.6 Å². The van der Waals surface area contributed by atoms with Crippen LogP contribution >= 0.6 is 0 Å². The van der Waals surface area contributed by atoms with Gasteiger partial charge in [-0.25, -0.2) is 4.98 Å². The van der Waals surface area contributed by atoms with Crippen molar-refractivity contribution in [2.75, 3.05) is 38.0 Å². The van der Waals surface area contributed by atoms with Crippen molar-refractivity contribution in [2.45, 2.75) is 6.54 Å². The Hall–Kier alpha value is -4.11. The first-order valence-electron chi connectivity index (χ1n) is 11.3. The molecule has 1 saturated heterocycles. The number of aromatic nitrogens is 4. The number of fused-ring (bicyclic) bond motifs is 1. The smallest absolute Gasteiger partial charge is 0.253 e. The summed E-state index contributed by atoms with van der Waals surface area (Å²) < 4.78 is 2.07. The number of amides is 1. The number of carbonyl (C=O) groups is 1. The van der Waals surface area contributed by atoms with E-state index in [9.17, 15) is 9.90 Å². The molecule has 1 amide bonds. The monoisotopic (exact) mass is 457 g/mol. The molecule has 0 unspecified atom stereocenters. The van der Waals surface area contributed by atoms with Gasteiger partial charge in [0.05, 0.1) is 17.5 Å². The lowest BCUT2D eigenvalue weighted by molar-refractivity contribution is 0.0633. The van der Waals surface area contributed by atoms with Crippen LogP contribution in [0.4, 0.5) is 5.69 Å². The lowest BCUT2D eigenvalue weighted by atomic mass is 10.1. The minimum Gasteiger partial charge on any atom is -0.508 e. The second kappa shape index (κ2) is 9.40. The van der Waals surface area contributed by atoms with Gasteiger partial charge in [-0.15, -0.1) is 0 Å². The highest BCUT2D eigenvalue weighted by Crippen LogP contribution is 2.25. The first kappa shape index (κ1) is 21.7. The zero-order valence-corrected chi connectivity index (χ0v) is 18.8. The molecule has 2 aromatic carbocycles. The van der Waals surface area contributed by atoms with E-state index in [0.717, 1.165) is 42.8 Å². The molecule has 0 bridgehead atoms. The maximum absolute atomic E-state index is 13.2. The third-order valence-corrected chi connectivity index (χ3v) is 6.15. The zero-order valence-electron chi connectivity index (χ0n) is 18.8. The number of aromatic amines is 1. The van der Waals surface area contributed by atoms with E-state index in [-0.39, 0.29) is 11.7 Å². The van der Waals surface area contributed by atoms with E-state index in [0.29, 0.717) is 30.0 Å². The van der Waals surface area contributed by atoms with Gasteiger partial charge in [0.25, 0.3) is 5.91 Å². The fourth-order valence-corrected chi connectivity index (χ4v) is 4.19. The molecule has 9 heteroatoms. The Morgan fingerprint density at radius 1 is 1.09 bits per heavy atom. The van der Waals surface area contributed by atoms with Crippen molar-refractivity contribution in [3.63, 3.8) is 0 Å². The van der Waals surface area contributed by atoms with Crippen LogP contribution in [0.5, 0.6) is 5.75 Å². The van der Waals surface area contributed by atoms with Crippen molar-refractivity contribution in [3.8, 4) is 5.75 Å². The van der Waals surface area contributed by atoms with Crippen LogP contribution in [0.1, 0.15) is 16.1 Å². The third-order valence-electron chi connectivity index (χ3n) is 6.15. The number of benzene rings is 2. The van der Waals surface area contributed by atoms with Crippen molar-refractivity contribution in [1.29, 1.82) is 0 Å². The van der Waals surface area contributed by atoms with Gasteiger partial charge in [0, 0.05) is 68.3 Å². The van der Waals surface area contributed by atoms with Crippen molar-refractivity contribution in [2.24, 2.45) is 0 Å². The molecule has 0 saturated carbocycles. The summed E-state index contributed by atoms with van der Waals surface area (Å²) in [4.78, 5) is 21.6. The average molecular weight is 458 g/mol. The number of phenolic OH excluding ortho intramolecular Hbond substituents is 1. The normalized spacial score (nSPS) is 14.4. The lowest BCUT2D eigenvalue weighted by Gasteiger charge is -2.34. The standard InChI is InChI=1S/C25H27N7O2/c1-18(27-20-3-5-21(33)6-4-20)24-22-16-19(2-7-23(22)28-29-24)25(34)32-14-12-30(13-15-32)10-11-31-9-8-26-17-31/h2-9,16-17,27,33H,1,10-15H2,(H,28,29). The Morgan fingerprint density at radius 2 is 1.88 bits per heavy atom. The number of aromatic hydroxyl groups is 1. The van der Waals surface area contributed by atoms with Crippen LogP contribution in [0.25, 0.3) is 16.6 Å². The molecule has 3 N–H and O–H groups in total. The number of rotatable bonds is 7. The van der Waals surface area contributed by atoms with Crippen molar-refractivity contribution >= 4 is 28.2 Å².